The number of aromatic nitrogens is 2. The van der Waals surface area contributed by atoms with E-state index < -0.39 is 49.5 Å². The summed E-state index contributed by atoms with van der Waals surface area (Å²) in [6.45, 7) is 3.83. The Labute approximate surface area is 161 Å². The van der Waals surface area contributed by atoms with Crippen LogP contribution in [-0.4, -0.2) is 53.5 Å². The van der Waals surface area contributed by atoms with E-state index >= 15 is 0 Å². The second-order valence-electron chi connectivity index (χ2n) is 7.11. The van der Waals surface area contributed by atoms with Crippen molar-refractivity contribution in [2.24, 2.45) is 0 Å². The van der Waals surface area contributed by atoms with E-state index in [9.17, 15) is 24.2 Å². The molecule has 0 bridgehead atoms. The van der Waals surface area contributed by atoms with Crippen molar-refractivity contribution in [3.8, 4) is 0 Å². The van der Waals surface area contributed by atoms with Crippen LogP contribution in [0, 0.1) is 5.82 Å². The van der Waals surface area contributed by atoms with Crippen LogP contribution in [0.2, 0.25) is 13.1 Å². The Morgan fingerprint density at radius 3 is 2.61 bits per heavy atom. The highest BCUT2D eigenvalue weighted by Crippen LogP contribution is 2.37. The lowest BCUT2D eigenvalue weighted by Crippen LogP contribution is -2.59. The molecule has 10 heteroatoms. The Morgan fingerprint density at radius 2 is 1.96 bits per heavy atom. The Hall–Kier alpha value is -2.11. The Morgan fingerprint density at radius 1 is 1.29 bits per heavy atom. The van der Waals surface area contributed by atoms with Crippen LogP contribution in [0.5, 0.6) is 0 Å². The molecule has 0 amide bonds. The van der Waals surface area contributed by atoms with Crippen molar-refractivity contribution in [1.82, 2.24) is 9.55 Å². The van der Waals surface area contributed by atoms with Crippen LogP contribution < -0.4 is 11.2 Å². The summed E-state index contributed by atoms with van der Waals surface area (Å²) < 4.78 is 26.2. The fraction of sp³-hybridized carbons (Fsp3) is 0.444. The summed E-state index contributed by atoms with van der Waals surface area (Å²) in [4.78, 5) is 25.5. The third kappa shape index (κ3) is 3.61. The summed E-state index contributed by atoms with van der Waals surface area (Å²) in [6.07, 6.45) is -3.02. The van der Waals surface area contributed by atoms with E-state index in [-0.39, 0.29) is 13.2 Å². The maximum Gasteiger partial charge on any atom is 0.330 e. The fourth-order valence-corrected chi connectivity index (χ4v) is 5.57. The number of hydrogen-bond donors (Lipinski definition) is 3. The SMILES string of the molecule is C[SiH](C)[C@@]1(n2cc(F)c(=O)[nH]c2=O)O[C@H](COCc2ccccc2)[C@@H](O)[C@H]1O. The zero-order valence-electron chi connectivity index (χ0n) is 15.5. The minimum absolute atomic E-state index is 0.0312. The van der Waals surface area contributed by atoms with Gasteiger partial charge in [-0.2, -0.15) is 4.39 Å². The summed E-state index contributed by atoms with van der Waals surface area (Å²) in [5.74, 6) is -1.18. The van der Waals surface area contributed by atoms with Crippen molar-refractivity contribution in [1.29, 1.82) is 0 Å². The number of benzene rings is 1. The van der Waals surface area contributed by atoms with Crippen molar-refractivity contribution in [3.63, 3.8) is 0 Å². The minimum Gasteiger partial charge on any atom is -0.387 e. The predicted octanol–water partition coefficient (Wildman–Crippen LogP) is -0.308. The smallest absolute Gasteiger partial charge is 0.330 e. The third-order valence-corrected chi connectivity index (χ3v) is 7.37. The number of aliphatic hydroxyl groups is 2. The molecular weight excluding hydrogens is 387 g/mol. The third-order valence-electron chi connectivity index (χ3n) is 4.96. The van der Waals surface area contributed by atoms with E-state index in [1.54, 1.807) is 13.1 Å². The molecule has 1 aliphatic rings. The summed E-state index contributed by atoms with van der Waals surface area (Å²) in [5.41, 5.74) is -1.14. The molecular formula is C18H23FN2O6Si. The zero-order valence-corrected chi connectivity index (χ0v) is 16.7. The van der Waals surface area contributed by atoms with Gasteiger partial charge in [0.25, 0.3) is 5.56 Å². The highest BCUT2D eigenvalue weighted by Gasteiger charge is 2.58. The van der Waals surface area contributed by atoms with Crippen molar-refractivity contribution in [2.75, 3.05) is 6.61 Å². The largest absolute Gasteiger partial charge is 0.387 e. The molecule has 3 rings (SSSR count). The number of nitrogens with one attached hydrogen (secondary N) is 1. The number of nitrogens with zero attached hydrogens (tertiary/aromatic N) is 1. The lowest BCUT2D eigenvalue weighted by atomic mass is 10.1. The van der Waals surface area contributed by atoms with Crippen LogP contribution in [0.3, 0.4) is 0 Å². The number of rotatable bonds is 6. The molecule has 8 nitrogen and oxygen atoms in total. The summed E-state index contributed by atoms with van der Waals surface area (Å²) in [7, 11) is -2.09. The molecule has 1 fully saturated rings. The molecule has 2 aromatic rings. The van der Waals surface area contributed by atoms with Gasteiger partial charge in [-0.1, -0.05) is 43.4 Å². The number of aliphatic hydroxyl groups excluding tert-OH is 2. The Kier molecular flexibility index (Phi) is 5.96. The number of H-pyrrole nitrogens is 1. The van der Waals surface area contributed by atoms with Crippen LogP contribution in [-0.2, 0) is 21.4 Å². The number of halogens is 1. The first-order valence-corrected chi connectivity index (χ1v) is 11.8. The average molecular weight is 410 g/mol. The number of hydrogen-bond acceptors (Lipinski definition) is 6. The van der Waals surface area contributed by atoms with E-state index in [0.29, 0.717) is 0 Å². The molecule has 1 saturated heterocycles. The van der Waals surface area contributed by atoms with Crippen LogP contribution >= 0.6 is 0 Å². The van der Waals surface area contributed by atoms with E-state index in [1.807, 2.05) is 35.3 Å². The van der Waals surface area contributed by atoms with Crippen LogP contribution in [0.4, 0.5) is 4.39 Å². The van der Waals surface area contributed by atoms with Gasteiger partial charge in [-0.05, 0) is 5.56 Å². The molecule has 1 aromatic carbocycles. The van der Waals surface area contributed by atoms with Gasteiger partial charge >= 0.3 is 5.69 Å². The van der Waals surface area contributed by atoms with E-state index in [0.717, 1.165) is 16.3 Å². The van der Waals surface area contributed by atoms with Gasteiger partial charge < -0.3 is 19.7 Å². The molecule has 1 aliphatic heterocycles. The number of ether oxygens (including phenoxy) is 2. The lowest BCUT2D eigenvalue weighted by molar-refractivity contribution is -0.103. The normalized spacial score (nSPS) is 27.4. The lowest BCUT2D eigenvalue weighted by Gasteiger charge is -2.37. The minimum atomic E-state index is -2.09. The van der Waals surface area contributed by atoms with Crippen molar-refractivity contribution < 1.29 is 24.1 Å². The molecule has 28 heavy (non-hydrogen) atoms. The van der Waals surface area contributed by atoms with E-state index in [1.165, 1.54) is 0 Å². The molecule has 0 spiro atoms. The molecule has 0 aliphatic carbocycles. The maximum absolute atomic E-state index is 13.8. The number of aromatic amines is 1. The summed E-state index contributed by atoms with van der Waals surface area (Å²) in [6, 6.07) is 9.39. The Balaban J connectivity index is 1.86. The topological polar surface area (TPSA) is 114 Å². The van der Waals surface area contributed by atoms with E-state index in [4.69, 9.17) is 9.47 Å². The van der Waals surface area contributed by atoms with Crippen LogP contribution in [0.25, 0.3) is 0 Å². The Bertz CT molecular complexity index is 934. The van der Waals surface area contributed by atoms with Crippen LogP contribution in [0.15, 0.2) is 46.1 Å². The van der Waals surface area contributed by atoms with Crippen molar-refractivity contribution in [3.05, 3.63) is 68.7 Å². The van der Waals surface area contributed by atoms with Gasteiger partial charge in [-0.15, -0.1) is 0 Å². The molecule has 1 aromatic heterocycles. The standard InChI is InChI=1S/C18H23FN2O6Si/c1-28(2)18(21-8-12(19)16(24)20-17(21)25)15(23)14(22)13(27-18)10-26-9-11-6-4-3-5-7-11/h3-8,13-15,22-23,28H,9-10H2,1-2H3,(H,20,24,25)/t13-,14-,15-,18+/m1/s1. The highest BCUT2D eigenvalue weighted by molar-refractivity contribution is 6.58. The molecule has 0 saturated carbocycles. The van der Waals surface area contributed by atoms with Crippen LogP contribution in [0.1, 0.15) is 5.56 Å². The molecule has 0 unspecified atom stereocenters. The second-order valence-corrected chi connectivity index (χ2v) is 10.2. The van der Waals surface area contributed by atoms with Gasteiger partial charge in [-0.25, -0.2) is 4.79 Å². The average Bonchev–Trinajstić information content (AvgIpc) is 2.92. The van der Waals surface area contributed by atoms with Crippen molar-refractivity contribution in [2.45, 2.75) is 43.4 Å². The first-order valence-electron chi connectivity index (χ1n) is 8.95. The molecule has 2 heterocycles. The van der Waals surface area contributed by atoms with Crippen molar-refractivity contribution >= 4 is 8.80 Å². The first-order chi connectivity index (χ1) is 13.3. The maximum atomic E-state index is 13.8. The van der Waals surface area contributed by atoms with Gasteiger partial charge in [0.15, 0.2) is 5.35 Å². The molecule has 152 valence electrons. The summed E-state index contributed by atoms with van der Waals surface area (Å²) in [5, 5.41) is 19.6. The van der Waals surface area contributed by atoms with Gasteiger partial charge in [-0.3, -0.25) is 14.3 Å². The monoisotopic (exact) mass is 410 g/mol. The zero-order chi connectivity index (χ0) is 20.5. The quantitative estimate of drug-likeness (QED) is 0.563. The predicted molar refractivity (Wildman–Crippen MR) is 101 cm³/mol. The second kappa shape index (κ2) is 8.09. The molecule has 0 radical (unpaired) electrons. The van der Waals surface area contributed by atoms with E-state index in [2.05, 4.69) is 0 Å². The van der Waals surface area contributed by atoms with Gasteiger partial charge in [0, 0.05) is 0 Å². The van der Waals surface area contributed by atoms with Gasteiger partial charge in [0.1, 0.15) is 18.3 Å². The highest BCUT2D eigenvalue weighted by atomic mass is 28.3. The molecule has 3 N–H and O–H groups in total. The molecule has 4 atom stereocenters. The fourth-order valence-electron chi connectivity index (χ4n) is 3.49. The first kappa shape index (κ1) is 20.6. The van der Waals surface area contributed by atoms with Gasteiger partial charge in [0.05, 0.1) is 28.2 Å². The summed E-state index contributed by atoms with van der Waals surface area (Å²) >= 11 is 0. The van der Waals surface area contributed by atoms with Gasteiger partial charge in [0.2, 0.25) is 5.82 Å².